The summed E-state index contributed by atoms with van der Waals surface area (Å²) in [6.45, 7) is 2.08. The first-order chi connectivity index (χ1) is 12.1. The average molecular weight is 341 g/mol. The van der Waals surface area contributed by atoms with Gasteiger partial charge >= 0.3 is 0 Å². The van der Waals surface area contributed by atoms with E-state index < -0.39 is 0 Å². The van der Waals surface area contributed by atoms with Gasteiger partial charge in [-0.3, -0.25) is 9.78 Å². The number of aliphatic hydroxyl groups is 1. The van der Waals surface area contributed by atoms with Gasteiger partial charge in [-0.2, -0.15) is 0 Å². The van der Waals surface area contributed by atoms with Gasteiger partial charge in [-0.05, 0) is 49.2 Å². The molecule has 3 N–H and O–H groups in total. The third-order valence-electron chi connectivity index (χ3n) is 4.19. The number of aromatic nitrogens is 2. The average Bonchev–Trinajstić information content (AvgIpc) is 3.03. The number of benzene rings is 1. The van der Waals surface area contributed by atoms with Crippen LogP contribution in [-0.4, -0.2) is 34.1 Å². The first-order valence-corrected chi connectivity index (χ1v) is 8.14. The van der Waals surface area contributed by atoms with E-state index in [-0.39, 0.29) is 24.2 Å². The summed E-state index contributed by atoms with van der Waals surface area (Å²) in [7, 11) is 0. The smallest absolute Gasteiger partial charge is 0.267 e. The van der Waals surface area contributed by atoms with Gasteiger partial charge in [0.15, 0.2) is 0 Å². The number of aliphatic hydroxyl groups excluding tert-OH is 1. The second-order valence-corrected chi connectivity index (χ2v) is 6.15. The Labute approximate surface area is 144 Å². The number of halogens is 1. The highest BCUT2D eigenvalue weighted by atomic mass is 19.1. The fourth-order valence-corrected chi connectivity index (χ4v) is 2.85. The molecule has 1 atom stereocenters. The van der Waals surface area contributed by atoms with Crippen molar-refractivity contribution in [2.24, 2.45) is 5.92 Å². The van der Waals surface area contributed by atoms with Gasteiger partial charge in [0, 0.05) is 41.9 Å². The summed E-state index contributed by atoms with van der Waals surface area (Å²) in [5.41, 5.74) is 2.61. The molecule has 1 amide bonds. The summed E-state index contributed by atoms with van der Waals surface area (Å²) >= 11 is 0. The molecular weight excluding hydrogens is 321 g/mol. The van der Waals surface area contributed by atoms with Gasteiger partial charge in [-0.25, -0.2) is 4.39 Å². The van der Waals surface area contributed by atoms with E-state index in [9.17, 15) is 14.3 Å². The molecule has 0 saturated heterocycles. The molecule has 0 aliphatic carbocycles. The van der Waals surface area contributed by atoms with Gasteiger partial charge in [0.1, 0.15) is 11.5 Å². The van der Waals surface area contributed by atoms with Crippen LogP contribution in [0.3, 0.4) is 0 Å². The number of aryl methyl sites for hydroxylation is 1. The predicted octanol–water partition coefficient (Wildman–Crippen LogP) is 2.59. The normalized spacial score (nSPS) is 12.3. The van der Waals surface area contributed by atoms with Crippen LogP contribution in [0.5, 0.6) is 0 Å². The summed E-state index contributed by atoms with van der Waals surface area (Å²) in [4.78, 5) is 19.5. The lowest BCUT2D eigenvalue weighted by atomic mass is 10.0. The van der Waals surface area contributed by atoms with Crippen molar-refractivity contribution < 1.29 is 14.3 Å². The van der Waals surface area contributed by atoms with Gasteiger partial charge in [-0.1, -0.05) is 6.07 Å². The number of carbonyl (C=O) groups excluding carboxylic acids is 1. The number of nitrogens with zero attached hydrogens (tertiary/aromatic N) is 1. The van der Waals surface area contributed by atoms with Crippen LogP contribution in [0.15, 0.2) is 42.6 Å². The highest BCUT2D eigenvalue weighted by Crippen LogP contribution is 2.21. The van der Waals surface area contributed by atoms with Crippen molar-refractivity contribution in [2.45, 2.75) is 13.3 Å². The van der Waals surface area contributed by atoms with Crippen molar-refractivity contribution in [1.82, 2.24) is 15.3 Å². The maximum absolute atomic E-state index is 13.5. The monoisotopic (exact) mass is 341 g/mol. The van der Waals surface area contributed by atoms with Gasteiger partial charge in [0.2, 0.25) is 0 Å². The van der Waals surface area contributed by atoms with Crippen molar-refractivity contribution >= 4 is 16.8 Å². The fourth-order valence-electron chi connectivity index (χ4n) is 2.85. The fraction of sp³-hybridized carbons (Fsp3) is 0.263. The molecule has 25 heavy (non-hydrogen) atoms. The minimum absolute atomic E-state index is 0.0477. The Bertz CT molecular complexity index is 877. The van der Waals surface area contributed by atoms with Crippen molar-refractivity contribution in [3.05, 3.63) is 65.4 Å². The molecule has 130 valence electrons. The number of nitrogens with one attached hydrogen (secondary N) is 2. The first-order valence-electron chi connectivity index (χ1n) is 8.14. The van der Waals surface area contributed by atoms with Gasteiger partial charge in [-0.15, -0.1) is 0 Å². The van der Waals surface area contributed by atoms with E-state index in [4.69, 9.17) is 0 Å². The summed E-state index contributed by atoms with van der Waals surface area (Å²) in [5.74, 6) is -0.743. The zero-order valence-electron chi connectivity index (χ0n) is 13.9. The number of carbonyl (C=O) groups is 1. The highest BCUT2D eigenvalue weighted by molar-refractivity contribution is 5.98. The van der Waals surface area contributed by atoms with Crippen LogP contribution in [-0.2, 0) is 6.42 Å². The number of hydrogen-bond acceptors (Lipinski definition) is 3. The number of rotatable bonds is 6. The summed E-state index contributed by atoms with van der Waals surface area (Å²) < 4.78 is 13.5. The van der Waals surface area contributed by atoms with E-state index in [0.29, 0.717) is 24.2 Å². The van der Waals surface area contributed by atoms with E-state index >= 15 is 0 Å². The molecule has 0 aliphatic heterocycles. The van der Waals surface area contributed by atoms with Gasteiger partial charge in [0.05, 0.1) is 0 Å². The third-order valence-corrected chi connectivity index (χ3v) is 4.19. The molecular formula is C19H20FN3O2. The maximum atomic E-state index is 13.5. The number of aromatic amines is 1. The third kappa shape index (κ3) is 4.03. The SMILES string of the molecule is Cc1cc(F)cc2[nH]c(C(=O)NCC(CO)Cc3ccccn3)cc12. The zero-order valence-corrected chi connectivity index (χ0v) is 13.9. The molecule has 1 aromatic carbocycles. The van der Waals surface area contributed by atoms with Crippen molar-refractivity contribution in [1.29, 1.82) is 0 Å². The number of hydrogen-bond donors (Lipinski definition) is 3. The molecule has 5 nitrogen and oxygen atoms in total. The van der Waals surface area contributed by atoms with E-state index in [1.54, 1.807) is 19.2 Å². The van der Waals surface area contributed by atoms with Crippen LogP contribution >= 0.6 is 0 Å². The Balaban J connectivity index is 1.66. The lowest BCUT2D eigenvalue weighted by molar-refractivity contribution is 0.0935. The molecule has 0 bridgehead atoms. The van der Waals surface area contributed by atoms with Crippen LogP contribution < -0.4 is 5.32 Å². The topological polar surface area (TPSA) is 78.0 Å². The van der Waals surface area contributed by atoms with Crippen molar-refractivity contribution in [3.8, 4) is 0 Å². The summed E-state index contributed by atoms with van der Waals surface area (Å²) in [6.07, 6.45) is 2.28. The maximum Gasteiger partial charge on any atom is 0.267 e. The minimum Gasteiger partial charge on any atom is -0.396 e. The van der Waals surface area contributed by atoms with Crippen LogP contribution in [0.2, 0.25) is 0 Å². The van der Waals surface area contributed by atoms with Crippen LogP contribution in [0.4, 0.5) is 4.39 Å². The summed E-state index contributed by atoms with van der Waals surface area (Å²) in [5, 5.41) is 13.2. The predicted molar refractivity (Wildman–Crippen MR) is 93.8 cm³/mol. The van der Waals surface area contributed by atoms with E-state index in [1.165, 1.54) is 12.1 Å². The molecule has 0 spiro atoms. The van der Waals surface area contributed by atoms with Crippen LogP contribution in [0.25, 0.3) is 10.9 Å². The standard InChI is InChI=1S/C19H20FN3O2/c1-12-6-14(20)8-17-16(12)9-18(23-17)19(25)22-10-13(11-24)7-15-4-2-3-5-21-15/h2-6,8-9,13,23-24H,7,10-11H2,1H3,(H,22,25). The zero-order chi connectivity index (χ0) is 17.8. The van der Waals surface area contributed by atoms with Crippen LogP contribution in [0.1, 0.15) is 21.7 Å². The molecule has 0 saturated carbocycles. The molecule has 6 heteroatoms. The van der Waals surface area contributed by atoms with E-state index in [1.807, 2.05) is 18.2 Å². The molecule has 3 rings (SSSR count). The van der Waals surface area contributed by atoms with Crippen LogP contribution in [0, 0.1) is 18.7 Å². The Hall–Kier alpha value is -2.73. The lowest BCUT2D eigenvalue weighted by Gasteiger charge is -2.14. The highest BCUT2D eigenvalue weighted by Gasteiger charge is 2.15. The first kappa shape index (κ1) is 17.1. The van der Waals surface area contributed by atoms with Gasteiger partial charge < -0.3 is 15.4 Å². The molecule has 0 aliphatic rings. The minimum atomic E-state index is -0.338. The van der Waals surface area contributed by atoms with Crippen molar-refractivity contribution in [2.75, 3.05) is 13.2 Å². The Morgan fingerprint density at radius 3 is 2.92 bits per heavy atom. The van der Waals surface area contributed by atoms with E-state index in [2.05, 4.69) is 15.3 Å². The second kappa shape index (κ2) is 7.44. The van der Waals surface area contributed by atoms with Gasteiger partial charge in [0.25, 0.3) is 5.91 Å². The Morgan fingerprint density at radius 2 is 2.20 bits per heavy atom. The number of pyridine rings is 1. The quantitative estimate of drug-likeness (QED) is 0.645. The molecule has 0 fully saturated rings. The molecule has 2 aromatic heterocycles. The lowest BCUT2D eigenvalue weighted by Crippen LogP contribution is -2.32. The molecule has 0 radical (unpaired) electrons. The van der Waals surface area contributed by atoms with E-state index in [0.717, 1.165) is 16.6 Å². The summed E-state index contributed by atoms with van der Waals surface area (Å²) in [6, 6.07) is 10.1. The number of H-pyrrole nitrogens is 1. The van der Waals surface area contributed by atoms with Crippen molar-refractivity contribution in [3.63, 3.8) is 0 Å². The molecule has 2 heterocycles. The largest absolute Gasteiger partial charge is 0.396 e. The molecule has 1 unspecified atom stereocenters. The Morgan fingerprint density at radius 1 is 1.36 bits per heavy atom. The number of fused-ring (bicyclic) bond motifs is 1. The second-order valence-electron chi connectivity index (χ2n) is 6.15. The number of amides is 1. The molecule has 3 aromatic rings. The Kier molecular flexibility index (Phi) is 5.09.